The lowest BCUT2D eigenvalue weighted by Gasteiger charge is -2.17. The maximum Gasteiger partial charge on any atom is 0.339 e. The molecule has 1 N–H and O–H groups in total. The summed E-state index contributed by atoms with van der Waals surface area (Å²) in [6.07, 6.45) is 0.954. The van der Waals surface area contributed by atoms with Crippen molar-refractivity contribution in [3.8, 4) is 11.5 Å². The van der Waals surface area contributed by atoms with E-state index in [1.807, 2.05) is 13.8 Å². The summed E-state index contributed by atoms with van der Waals surface area (Å²) in [5.74, 6) is -0.232. The molecule has 1 aliphatic heterocycles. The minimum Gasteiger partial charge on any atom is -0.490 e. The van der Waals surface area contributed by atoms with E-state index in [9.17, 15) is 18.0 Å². The topological polar surface area (TPSA) is 108 Å². The lowest BCUT2D eigenvalue weighted by molar-refractivity contribution is -0.129. The summed E-state index contributed by atoms with van der Waals surface area (Å²) in [7, 11) is -3.10. The van der Waals surface area contributed by atoms with Gasteiger partial charge in [0.05, 0.1) is 30.3 Å². The molecule has 1 saturated heterocycles. The van der Waals surface area contributed by atoms with Crippen LogP contribution in [0.4, 0.5) is 0 Å². The van der Waals surface area contributed by atoms with Gasteiger partial charge < -0.3 is 19.5 Å². The molecular formula is C20H29NO7S. The highest BCUT2D eigenvalue weighted by Gasteiger charge is 2.31. The van der Waals surface area contributed by atoms with E-state index in [0.717, 1.165) is 12.8 Å². The van der Waals surface area contributed by atoms with Gasteiger partial charge >= 0.3 is 5.97 Å². The molecule has 162 valence electrons. The van der Waals surface area contributed by atoms with E-state index < -0.39 is 33.9 Å². The zero-order chi connectivity index (χ0) is 21.4. The molecule has 2 atom stereocenters. The Bertz CT molecular complexity index is 822. The summed E-state index contributed by atoms with van der Waals surface area (Å²) in [6, 6.07) is 4.29. The van der Waals surface area contributed by atoms with Crippen molar-refractivity contribution >= 4 is 21.7 Å². The molecule has 0 spiro atoms. The Labute approximate surface area is 171 Å². The number of ether oxygens (including phenoxy) is 3. The second kappa shape index (κ2) is 10.5. The highest BCUT2D eigenvalue weighted by Crippen LogP contribution is 2.29. The smallest absolute Gasteiger partial charge is 0.339 e. The van der Waals surface area contributed by atoms with Crippen molar-refractivity contribution in [1.82, 2.24) is 5.32 Å². The summed E-state index contributed by atoms with van der Waals surface area (Å²) in [5, 5.41) is 2.62. The number of hydrogen-bond donors (Lipinski definition) is 1. The van der Waals surface area contributed by atoms with Crippen LogP contribution in [-0.2, 0) is 19.4 Å². The van der Waals surface area contributed by atoms with Crippen LogP contribution in [0.15, 0.2) is 18.2 Å². The van der Waals surface area contributed by atoms with E-state index in [4.69, 9.17) is 14.2 Å². The van der Waals surface area contributed by atoms with Crippen LogP contribution in [0.1, 0.15) is 50.4 Å². The molecule has 29 heavy (non-hydrogen) atoms. The summed E-state index contributed by atoms with van der Waals surface area (Å²) >= 11 is 0. The van der Waals surface area contributed by atoms with Gasteiger partial charge in [0.1, 0.15) is 0 Å². The number of esters is 1. The van der Waals surface area contributed by atoms with Crippen molar-refractivity contribution in [3.05, 3.63) is 23.8 Å². The normalized spacial score (nSPS) is 18.7. The highest BCUT2D eigenvalue weighted by atomic mass is 32.2. The number of sulfone groups is 1. The molecule has 1 amide bonds. The molecule has 0 unspecified atom stereocenters. The van der Waals surface area contributed by atoms with Gasteiger partial charge in [-0.3, -0.25) is 4.79 Å². The van der Waals surface area contributed by atoms with Gasteiger partial charge in [-0.05, 0) is 44.4 Å². The Morgan fingerprint density at radius 1 is 1.14 bits per heavy atom. The van der Waals surface area contributed by atoms with E-state index in [0.29, 0.717) is 31.1 Å². The van der Waals surface area contributed by atoms with Crippen LogP contribution >= 0.6 is 0 Å². The molecule has 0 aromatic heterocycles. The zero-order valence-electron chi connectivity index (χ0n) is 17.1. The first kappa shape index (κ1) is 23.0. The van der Waals surface area contributed by atoms with Gasteiger partial charge in [0.15, 0.2) is 27.4 Å². The summed E-state index contributed by atoms with van der Waals surface area (Å²) in [6.45, 7) is 6.42. The fraction of sp³-hybridized carbons (Fsp3) is 0.600. The first-order chi connectivity index (χ1) is 13.8. The van der Waals surface area contributed by atoms with Crippen LogP contribution in [0.25, 0.3) is 0 Å². The molecule has 0 saturated carbocycles. The predicted octanol–water partition coefficient (Wildman–Crippen LogP) is 2.11. The van der Waals surface area contributed by atoms with Gasteiger partial charge in [0.25, 0.3) is 5.91 Å². The first-order valence-corrected chi connectivity index (χ1v) is 11.7. The fourth-order valence-electron chi connectivity index (χ4n) is 2.80. The molecular weight excluding hydrogens is 398 g/mol. The van der Waals surface area contributed by atoms with E-state index in [1.165, 1.54) is 13.0 Å². The molecule has 1 aliphatic rings. The standard InChI is InChI=1S/C20H29NO7S/c1-4-9-26-17-7-6-15(12-18(17)27-10-5-2)20(23)28-14(3)19(22)21-16-8-11-29(24,25)13-16/h6-7,12,14,16H,4-5,8-11,13H2,1-3H3,(H,21,22)/t14-,16+/m1/s1. The lowest BCUT2D eigenvalue weighted by atomic mass is 10.2. The van der Waals surface area contributed by atoms with E-state index in [1.54, 1.807) is 12.1 Å². The van der Waals surface area contributed by atoms with Crippen LogP contribution < -0.4 is 14.8 Å². The molecule has 1 fully saturated rings. The first-order valence-electron chi connectivity index (χ1n) is 9.87. The summed E-state index contributed by atoms with van der Waals surface area (Å²) < 4.78 is 39.5. The minimum absolute atomic E-state index is 0.0547. The number of rotatable bonds is 10. The number of hydrogen-bond acceptors (Lipinski definition) is 7. The Morgan fingerprint density at radius 2 is 1.79 bits per heavy atom. The third-order valence-electron chi connectivity index (χ3n) is 4.33. The Balaban J connectivity index is 2.00. The number of carbonyl (C=O) groups excluding carboxylic acids is 2. The second-order valence-corrected chi connectivity index (χ2v) is 9.24. The van der Waals surface area contributed by atoms with Crippen LogP contribution in [0, 0.1) is 0 Å². The third kappa shape index (κ3) is 6.92. The second-order valence-electron chi connectivity index (χ2n) is 7.01. The summed E-state index contributed by atoms with van der Waals surface area (Å²) in [4.78, 5) is 24.7. The van der Waals surface area contributed by atoms with Gasteiger partial charge in [0.2, 0.25) is 0 Å². The van der Waals surface area contributed by atoms with Crippen molar-refractivity contribution in [3.63, 3.8) is 0 Å². The average molecular weight is 428 g/mol. The van der Waals surface area contributed by atoms with Crippen LogP contribution in [0.5, 0.6) is 11.5 Å². The fourth-order valence-corrected chi connectivity index (χ4v) is 4.47. The minimum atomic E-state index is -3.10. The van der Waals surface area contributed by atoms with Crippen molar-refractivity contribution < 1.29 is 32.2 Å². The number of nitrogens with one attached hydrogen (secondary N) is 1. The Kier molecular flexibility index (Phi) is 8.31. The van der Waals surface area contributed by atoms with Gasteiger partial charge in [-0.15, -0.1) is 0 Å². The number of amides is 1. The third-order valence-corrected chi connectivity index (χ3v) is 6.10. The lowest BCUT2D eigenvalue weighted by Crippen LogP contribution is -2.42. The van der Waals surface area contributed by atoms with Crippen LogP contribution in [-0.4, -0.2) is 57.2 Å². The molecule has 2 rings (SSSR count). The maximum atomic E-state index is 12.5. The molecule has 1 aromatic carbocycles. The van der Waals surface area contributed by atoms with Gasteiger partial charge in [-0.2, -0.15) is 0 Å². The van der Waals surface area contributed by atoms with Crippen LogP contribution in [0.3, 0.4) is 0 Å². The van der Waals surface area contributed by atoms with Gasteiger partial charge in [-0.25, -0.2) is 13.2 Å². The van der Waals surface area contributed by atoms with E-state index >= 15 is 0 Å². The van der Waals surface area contributed by atoms with Crippen LogP contribution in [0.2, 0.25) is 0 Å². The maximum absolute atomic E-state index is 12.5. The van der Waals surface area contributed by atoms with E-state index in [-0.39, 0.29) is 17.1 Å². The molecule has 0 aliphatic carbocycles. The SMILES string of the molecule is CCCOc1ccc(C(=O)O[C@H](C)C(=O)N[C@H]2CCS(=O)(=O)C2)cc1OCCC. The largest absolute Gasteiger partial charge is 0.490 e. The monoisotopic (exact) mass is 427 g/mol. The molecule has 1 aromatic rings. The van der Waals surface area contributed by atoms with Crippen molar-refractivity contribution in [1.29, 1.82) is 0 Å². The van der Waals surface area contributed by atoms with Crippen molar-refractivity contribution in [2.24, 2.45) is 0 Å². The van der Waals surface area contributed by atoms with Gasteiger partial charge in [-0.1, -0.05) is 13.8 Å². The molecule has 1 heterocycles. The average Bonchev–Trinajstić information content (AvgIpc) is 3.02. The molecule has 0 bridgehead atoms. The Hall–Kier alpha value is -2.29. The van der Waals surface area contributed by atoms with Crippen molar-refractivity contribution in [2.45, 2.75) is 52.2 Å². The molecule has 0 radical (unpaired) electrons. The Morgan fingerprint density at radius 3 is 2.38 bits per heavy atom. The predicted molar refractivity (Wildman–Crippen MR) is 108 cm³/mol. The quantitative estimate of drug-likeness (QED) is 0.570. The number of carbonyl (C=O) groups is 2. The van der Waals surface area contributed by atoms with E-state index in [2.05, 4.69) is 5.32 Å². The highest BCUT2D eigenvalue weighted by molar-refractivity contribution is 7.91. The summed E-state index contributed by atoms with van der Waals surface area (Å²) in [5.41, 5.74) is 0.239. The zero-order valence-corrected chi connectivity index (χ0v) is 17.9. The molecule has 9 heteroatoms. The van der Waals surface area contributed by atoms with Crippen molar-refractivity contribution in [2.75, 3.05) is 24.7 Å². The molecule has 8 nitrogen and oxygen atoms in total. The van der Waals surface area contributed by atoms with Gasteiger partial charge in [0, 0.05) is 6.04 Å². The number of benzene rings is 1.